The van der Waals surface area contributed by atoms with Crippen molar-refractivity contribution in [2.24, 2.45) is 0 Å². The zero-order valence-electron chi connectivity index (χ0n) is 12.9. The van der Waals surface area contributed by atoms with E-state index in [0.29, 0.717) is 11.4 Å². The molecular weight excluding hydrogens is 292 g/mol. The molecule has 116 valence electrons. The van der Waals surface area contributed by atoms with Crippen molar-refractivity contribution in [2.75, 3.05) is 4.90 Å². The number of nitrogens with zero attached hydrogens (tertiary/aromatic N) is 2. The topological polar surface area (TPSA) is 70.5 Å². The predicted molar refractivity (Wildman–Crippen MR) is 86.0 cm³/mol. The van der Waals surface area contributed by atoms with Crippen molar-refractivity contribution in [3.05, 3.63) is 71.3 Å². The summed E-state index contributed by atoms with van der Waals surface area (Å²) in [6, 6.07) is 11.9. The standard InChI is InChI=1S/C18H16N2O3/c1-11-6-8-13(9-7-11)20-16(14-5-3-4-10-19-14)15(12(2)21)17(22)18(20)23/h3-10,16,22H,1-2H3/t16-/m1/s1. The normalized spacial score (nSPS) is 17.7. The van der Waals surface area contributed by atoms with Gasteiger partial charge in [-0.25, -0.2) is 0 Å². The summed E-state index contributed by atoms with van der Waals surface area (Å²) in [5, 5.41) is 10.2. The highest BCUT2D eigenvalue weighted by Gasteiger charge is 2.43. The molecule has 0 radical (unpaired) electrons. The third kappa shape index (κ3) is 2.50. The van der Waals surface area contributed by atoms with Crippen LogP contribution in [0.3, 0.4) is 0 Å². The first-order valence-electron chi connectivity index (χ1n) is 7.26. The minimum Gasteiger partial charge on any atom is -0.503 e. The molecule has 1 aliphatic rings. The fraction of sp³-hybridized carbons (Fsp3) is 0.167. The average molecular weight is 308 g/mol. The second-order valence-corrected chi connectivity index (χ2v) is 5.49. The van der Waals surface area contributed by atoms with Crippen molar-refractivity contribution in [3.63, 3.8) is 0 Å². The van der Waals surface area contributed by atoms with Gasteiger partial charge in [-0.05, 0) is 38.1 Å². The maximum atomic E-state index is 12.5. The van der Waals surface area contributed by atoms with Gasteiger partial charge in [-0.1, -0.05) is 23.8 Å². The van der Waals surface area contributed by atoms with Crippen LogP contribution in [0.5, 0.6) is 0 Å². The third-order valence-corrected chi connectivity index (χ3v) is 3.87. The summed E-state index contributed by atoms with van der Waals surface area (Å²) >= 11 is 0. The van der Waals surface area contributed by atoms with Crippen LogP contribution in [0, 0.1) is 6.92 Å². The number of aryl methyl sites for hydroxylation is 1. The van der Waals surface area contributed by atoms with E-state index in [0.717, 1.165) is 5.56 Å². The summed E-state index contributed by atoms with van der Waals surface area (Å²) in [5.41, 5.74) is 2.28. The summed E-state index contributed by atoms with van der Waals surface area (Å²) in [5.74, 6) is -1.44. The second kappa shape index (κ2) is 5.68. The number of aliphatic hydroxyl groups excluding tert-OH is 1. The smallest absolute Gasteiger partial charge is 0.294 e. The fourth-order valence-electron chi connectivity index (χ4n) is 2.75. The highest BCUT2D eigenvalue weighted by molar-refractivity contribution is 6.15. The molecule has 1 aliphatic heterocycles. The van der Waals surface area contributed by atoms with Crippen LogP contribution in [0.1, 0.15) is 24.2 Å². The van der Waals surface area contributed by atoms with Crippen molar-refractivity contribution in [1.82, 2.24) is 4.98 Å². The van der Waals surface area contributed by atoms with Crippen molar-refractivity contribution in [3.8, 4) is 0 Å². The van der Waals surface area contributed by atoms with Gasteiger partial charge < -0.3 is 5.11 Å². The number of hydrogen-bond donors (Lipinski definition) is 1. The molecule has 1 aromatic carbocycles. The van der Waals surface area contributed by atoms with Crippen molar-refractivity contribution < 1.29 is 14.7 Å². The molecule has 1 atom stereocenters. The minimum atomic E-state index is -0.719. The van der Waals surface area contributed by atoms with Crippen LogP contribution in [0.15, 0.2) is 60.0 Å². The molecule has 0 aliphatic carbocycles. The Bertz CT molecular complexity index is 795. The summed E-state index contributed by atoms with van der Waals surface area (Å²) in [6.45, 7) is 3.29. The molecule has 1 amide bonds. The number of rotatable bonds is 3. The summed E-state index contributed by atoms with van der Waals surface area (Å²) in [6.07, 6.45) is 1.60. The molecule has 2 aromatic rings. The quantitative estimate of drug-likeness (QED) is 0.946. The number of ketones is 1. The lowest BCUT2D eigenvalue weighted by Crippen LogP contribution is -2.31. The maximum absolute atomic E-state index is 12.5. The number of anilines is 1. The maximum Gasteiger partial charge on any atom is 0.294 e. The van der Waals surface area contributed by atoms with E-state index in [2.05, 4.69) is 4.98 Å². The molecule has 1 N–H and O–H groups in total. The van der Waals surface area contributed by atoms with E-state index in [1.165, 1.54) is 11.8 Å². The highest BCUT2D eigenvalue weighted by Crippen LogP contribution is 2.39. The van der Waals surface area contributed by atoms with Crippen LogP contribution in [0.4, 0.5) is 5.69 Å². The number of carbonyl (C=O) groups is 2. The number of aromatic nitrogens is 1. The zero-order valence-corrected chi connectivity index (χ0v) is 12.9. The first-order chi connectivity index (χ1) is 11.0. The molecule has 0 bridgehead atoms. The van der Waals surface area contributed by atoms with Crippen LogP contribution < -0.4 is 4.90 Å². The van der Waals surface area contributed by atoms with Crippen LogP contribution in [-0.4, -0.2) is 21.8 Å². The van der Waals surface area contributed by atoms with E-state index in [9.17, 15) is 14.7 Å². The Balaban J connectivity index is 2.16. The Kier molecular flexibility index (Phi) is 3.70. The predicted octanol–water partition coefficient (Wildman–Crippen LogP) is 2.88. The Labute approximate surface area is 133 Å². The average Bonchev–Trinajstić information content (AvgIpc) is 2.81. The minimum absolute atomic E-state index is 0.0780. The Morgan fingerprint density at radius 3 is 2.43 bits per heavy atom. The highest BCUT2D eigenvalue weighted by atomic mass is 16.3. The van der Waals surface area contributed by atoms with E-state index in [-0.39, 0.29) is 11.4 Å². The number of aliphatic hydroxyl groups is 1. The van der Waals surface area contributed by atoms with E-state index in [4.69, 9.17) is 0 Å². The molecule has 0 unspecified atom stereocenters. The van der Waals surface area contributed by atoms with E-state index >= 15 is 0 Å². The lowest BCUT2D eigenvalue weighted by molar-refractivity contribution is -0.117. The van der Waals surface area contributed by atoms with E-state index in [1.807, 2.05) is 19.1 Å². The molecule has 2 heterocycles. The molecule has 3 rings (SSSR count). The van der Waals surface area contributed by atoms with Gasteiger partial charge in [0.05, 0.1) is 11.3 Å². The molecular formula is C18H16N2O3. The lowest BCUT2D eigenvalue weighted by Gasteiger charge is -2.25. The van der Waals surface area contributed by atoms with Gasteiger partial charge in [0.1, 0.15) is 6.04 Å². The van der Waals surface area contributed by atoms with Gasteiger partial charge in [0.25, 0.3) is 5.91 Å². The van der Waals surface area contributed by atoms with Gasteiger partial charge in [0, 0.05) is 11.9 Å². The number of benzene rings is 1. The van der Waals surface area contributed by atoms with Gasteiger partial charge in [0.2, 0.25) is 0 Å². The van der Waals surface area contributed by atoms with Crippen molar-refractivity contribution in [1.29, 1.82) is 0 Å². The Morgan fingerprint density at radius 2 is 1.87 bits per heavy atom. The third-order valence-electron chi connectivity index (χ3n) is 3.87. The van der Waals surface area contributed by atoms with Gasteiger partial charge in [-0.15, -0.1) is 0 Å². The number of carbonyl (C=O) groups excluding carboxylic acids is 2. The second-order valence-electron chi connectivity index (χ2n) is 5.49. The van der Waals surface area contributed by atoms with E-state index in [1.54, 1.807) is 36.5 Å². The molecule has 0 fully saturated rings. The molecule has 1 aromatic heterocycles. The molecule has 0 saturated heterocycles. The Hall–Kier alpha value is -2.95. The van der Waals surface area contributed by atoms with Crippen molar-refractivity contribution >= 4 is 17.4 Å². The number of amides is 1. The van der Waals surface area contributed by atoms with Crippen LogP contribution in [-0.2, 0) is 9.59 Å². The number of Topliss-reactive ketones (excluding diaryl/α,β-unsaturated/α-hetero) is 1. The van der Waals surface area contributed by atoms with Gasteiger partial charge in [0.15, 0.2) is 11.5 Å². The lowest BCUT2D eigenvalue weighted by atomic mass is 10.0. The summed E-state index contributed by atoms with van der Waals surface area (Å²) in [4.78, 5) is 30.2. The van der Waals surface area contributed by atoms with E-state index < -0.39 is 17.7 Å². The zero-order chi connectivity index (χ0) is 16.6. The number of pyridine rings is 1. The van der Waals surface area contributed by atoms with Crippen LogP contribution in [0.2, 0.25) is 0 Å². The van der Waals surface area contributed by atoms with Gasteiger partial charge in [-0.2, -0.15) is 0 Å². The van der Waals surface area contributed by atoms with Crippen LogP contribution >= 0.6 is 0 Å². The fourth-order valence-corrected chi connectivity index (χ4v) is 2.75. The largest absolute Gasteiger partial charge is 0.503 e. The summed E-state index contributed by atoms with van der Waals surface area (Å²) < 4.78 is 0. The molecule has 5 heteroatoms. The summed E-state index contributed by atoms with van der Waals surface area (Å²) in [7, 11) is 0. The SMILES string of the molecule is CC(=O)C1=C(O)C(=O)N(c2ccc(C)cc2)[C@@H]1c1ccccn1. The first-order valence-corrected chi connectivity index (χ1v) is 7.26. The van der Waals surface area contributed by atoms with Crippen LogP contribution in [0.25, 0.3) is 0 Å². The molecule has 23 heavy (non-hydrogen) atoms. The number of hydrogen-bond acceptors (Lipinski definition) is 4. The molecule has 0 spiro atoms. The Morgan fingerprint density at radius 1 is 1.17 bits per heavy atom. The van der Waals surface area contributed by atoms with Crippen molar-refractivity contribution in [2.45, 2.75) is 19.9 Å². The monoisotopic (exact) mass is 308 g/mol. The van der Waals surface area contributed by atoms with Gasteiger partial charge >= 0.3 is 0 Å². The first kappa shape index (κ1) is 15.0. The molecule has 0 saturated carbocycles. The van der Waals surface area contributed by atoms with Gasteiger partial charge in [-0.3, -0.25) is 19.5 Å². The molecule has 5 nitrogen and oxygen atoms in total.